The van der Waals surface area contributed by atoms with Crippen LogP contribution in [0, 0.1) is 6.92 Å². The van der Waals surface area contributed by atoms with Gasteiger partial charge in [0, 0.05) is 22.8 Å². The number of hydrogen-bond acceptors (Lipinski definition) is 3. The Hall–Kier alpha value is -2.21. The Morgan fingerprint density at radius 3 is 2.64 bits per heavy atom. The van der Waals surface area contributed by atoms with Crippen LogP contribution in [-0.2, 0) is 11.2 Å². The molecule has 1 heterocycles. The van der Waals surface area contributed by atoms with Gasteiger partial charge in [0.1, 0.15) is 6.04 Å². The van der Waals surface area contributed by atoms with Crippen molar-refractivity contribution in [3.63, 3.8) is 0 Å². The number of pyridine rings is 1. The molecule has 2 N–H and O–H groups in total. The van der Waals surface area contributed by atoms with Crippen molar-refractivity contribution in [2.24, 2.45) is 0 Å². The summed E-state index contributed by atoms with van der Waals surface area (Å²) in [7, 11) is 0. The number of aromatic nitrogens is 1. The summed E-state index contributed by atoms with van der Waals surface area (Å²) in [5, 5.41) is 11.9. The number of carboxylic acids is 1. The van der Waals surface area contributed by atoms with Crippen molar-refractivity contribution in [2.45, 2.75) is 19.4 Å². The average Bonchev–Trinajstić information content (AvgIpc) is 2.49. The fourth-order valence-electron chi connectivity index (χ4n) is 2.04. The monoisotopic (exact) mass is 362 g/mol. The highest BCUT2D eigenvalue weighted by molar-refractivity contribution is 9.10. The van der Waals surface area contributed by atoms with E-state index in [1.807, 2.05) is 24.3 Å². The summed E-state index contributed by atoms with van der Waals surface area (Å²) < 4.78 is 0.813. The van der Waals surface area contributed by atoms with Crippen molar-refractivity contribution in [3.05, 3.63) is 63.9 Å². The zero-order chi connectivity index (χ0) is 16.1. The normalized spacial score (nSPS) is 11.7. The quantitative estimate of drug-likeness (QED) is 0.856. The predicted octanol–water partition coefficient (Wildman–Crippen LogP) is 2.58. The molecule has 1 aromatic carbocycles. The summed E-state index contributed by atoms with van der Waals surface area (Å²) in [6.07, 6.45) is 1.78. The molecule has 0 aliphatic heterocycles. The Morgan fingerprint density at radius 1 is 1.27 bits per heavy atom. The Bertz CT molecular complexity index is 703. The summed E-state index contributed by atoms with van der Waals surface area (Å²) >= 11 is 3.38. The molecule has 0 aliphatic carbocycles. The Kier molecular flexibility index (Phi) is 5.27. The fraction of sp³-hybridized carbons (Fsp3) is 0.188. The van der Waals surface area contributed by atoms with Crippen LogP contribution in [0.15, 0.2) is 47.1 Å². The third-order valence-corrected chi connectivity index (χ3v) is 4.01. The summed E-state index contributed by atoms with van der Waals surface area (Å²) in [5.74, 6) is -1.52. The first kappa shape index (κ1) is 16.2. The number of amides is 1. The van der Waals surface area contributed by atoms with E-state index in [1.54, 1.807) is 25.3 Å². The van der Waals surface area contributed by atoms with Crippen molar-refractivity contribution in [3.8, 4) is 0 Å². The summed E-state index contributed by atoms with van der Waals surface area (Å²) in [6.45, 7) is 1.71. The van der Waals surface area contributed by atoms with Crippen molar-refractivity contribution >= 4 is 27.8 Å². The number of benzene rings is 1. The molecule has 0 fully saturated rings. The van der Waals surface area contributed by atoms with E-state index in [1.165, 1.54) is 0 Å². The van der Waals surface area contributed by atoms with Gasteiger partial charge in [0.15, 0.2) is 0 Å². The molecule has 0 saturated carbocycles. The van der Waals surface area contributed by atoms with E-state index in [0.717, 1.165) is 10.0 Å². The maximum Gasteiger partial charge on any atom is 0.326 e. The molecule has 2 aromatic rings. The predicted molar refractivity (Wildman–Crippen MR) is 85.7 cm³/mol. The van der Waals surface area contributed by atoms with E-state index in [2.05, 4.69) is 26.2 Å². The van der Waals surface area contributed by atoms with Crippen LogP contribution in [-0.4, -0.2) is 28.0 Å². The molecule has 1 aromatic heterocycles. The number of halogens is 1. The maximum atomic E-state index is 12.2. The van der Waals surface area contributed by atoms with Crippen LogP contribution in [0.2, 0.25) is 0 Å². The number of carbonyl (C=O) groups excluding carboxylic acids is 1. The van der Waals surface area contributed by atoms with Gasteiger partial charge in [0.25, 0.3) is 5.91 Å². The summed E-state index contributed by atoms with van der Waals surface area (Å²) in [4.78, 5) is 27.7. The van der Waals surface area contributed by atoms with Gasteiger partial charge in [-0.1, -0.05) is 34.1 Å². The van der Waals surface area contributed by atoms with Gasteiger partial charge in [0.05, 0.1) is 5.56 Å². The molecule has 114 valence electrons. The van der Waals surface area contributed by atoms with Crippen LogP contribution in [0.1, 0.15) is 21.6 Å². The van der Waals surface area contributed by atoms with Crippen molar-refractivity contribution in [2.75, 3.05) is 0 Å². The molecule has 22 heavy (non-hydrogen) atoms. The Morgan fingerprint density at radius 2 is 2.00 bits per heavy atom. The third-order valence-electron chi connectivity index (χ3n) is 3.24. The number of hydrogen-bond donors (Lipinski definition) is 2. The van der Waals surface area contributed by atoms with Gasteiger partial charge < -0.3 is 10.4 Å². The van der Waals surface area contributed by atoms with Crippen LogP contribution in [0.5, 0.6) is 0 Å². The lowest BCUT2D eigenvalue weighted by atomic mass is 10.1. The summed E-state index contributed by atoms with van der Waals surface area (Å²) in [5.41, 5.74) is 1.75. The van der Waals surface area contributed by atoms with Gasteiger partial charge >= 0.3 is 5.97 Å². The van der Waals surface area contributed by atoms with Crippen LogP contribution < -0.4 is 5.32 Å². The number of carboxylic acid groups (broad SMARTS) is 1. The second kappa shape index (κ2) is 7.17. The highest BCUT2D eigenvalue weighted by Gasteiger charge is 2.22. The topological polar surface area (TPSA) is 79.3 Å². The number of nitrogens with one attached hydrogen (secondary N) is 1. The highest BCUT2D eigenvalue weighted by atomic mass is 79.9. The second-order valence-corrected chi connectivity index (χ2v) is 5.65. The van der Waals surface area contributed by atoms with Gasteiger partial charge in [-0.15, -0.1) is 0 Å². The molecule has 0 saturated heterocycles. The average molecular weight is 363 g/mol. The van der Waals surface area contributed by atoms with Crippen LogP contribution >= 0.6 is 15.9 Å². The maximum absolute atomic E-state index is 12.2. The molecule has 0 bridgehead atoms. The van der Waals surface area contributed by atoms with Crippen molar-refractivity contribution < 1.29 is 14.7 Å². The van der Waals surface area contributed by atoms with Crippen molar-refractivity contribution in [1.29, 1.82) is 0 Å². The lowest BCUT2D eigenvalue weighted by molar-refractivity contribution is -0.139. The molecule has 2 rings (SSSR count). The smallest absolute Gasteiger partial charge is 0.326 e. The fourth-order valence-corrected chi connectivity index (χ4v) is 2.49. The largest absolute Gasteiger partial charge is 0.480 e. The molecule has 5 nitrogen and oxygen atoms in total. The van der Waals surface area contributed by atoms with Crippen LogP contribution in [0.25, 0.3) is 0 Å². The lowest BCUT2D eigenvalue weighted by Crippen LogP contribution is -2.42. The molecule has 1 unspecified atom stereocenters. The van der Waals surface area contributed by atoms with Gasteiger partial charge in [-0.3, -0.25) is 9.78 Å². The molecule has 1 atom stereocenters. The van der Waals surface area contributed by atoms with Gasteiger partial charge in [-0.25, -0.2) is 4.79 Å². The number of carbonyl (C=O) groups is 2. The van der Waals surface area contributed by atoms with Gasteiger partial charge in [0.2, 0.25) is 0 Å². The lowest BCUT2D eigenvalue weighted by Gasteiger charge is -2.16. The second-order valence-electron chi connectivity index (χ2n) is 4.80. The number of aliphatic carboxylic acids is 1. The molecule has 0 radical (unpaired) electrons. The first-order valence-corrected chi connectivity index (χ1v) is 7.47. The van der Waals surface area contributed by atoms with E-state index < -0.39 is 17.9 Å². The molecule has 0 aliphatic rings. The SMILES string of the molecule is Cc1ncccc1C(=O)NC(Cc1ccccc1Br)C(=O)O. The number of nitrogens with zero attached hydrogens (tertiary/aromatic N) is 1. The Balaban J connectivity index is 2.16. The molecular weight excluding hydrogens is 348 g/mol. The minimum atomic E-state index is -1.08. The first-order valence-electron chi connectivity index (χ1n) is 6.67. The van der Waals surface area contributed by atoms with E-state index in [-0.39, 0.29) is 6.42 Å². The minimum Gasteiger partial charge on any atom is -0.480 e. The first-order chi connectivity index (χ1) is 10.5. The standard InChI is InChI=1S/C16H15BrN2O3/c1-10-12(6-4-8-18-10)15(20)19-14(16(21)22)9-11-5-2-3-7-13(11)17/h2-8,14H,9H2,1H3,(H,19,20)(H,21,22). The van der Waals surface area contributed by atoms with Crippen LogP contribution in [0.3, 0.4) is 0 Å². The van der Waals surface area contributed by atoms with E-state index in [0.29, 0.717) is 11.3 Å². The Labute approximate surface area is 136 Å². The number of aryl methyl sites for hydroxylation is 1. The van der Waals surface area contributed by atoms with Crippen molar-refractivity contribution in [1.82, 2.24) is 10.3 Å². The van der Waals surface area contributed by atoms with Crippen LogP contribution in [0.4, 0.5) is 0 Å². The summed E-state index contributed by atoms with van der Waals surface area (Å²) in [6, 6.07) is 9.59. The van der Waals surface area contributed by atoms with E-state index >= 15 is 0 Å². The molecule has 1 amide bonds. The van der Waals surface area contributed by atoms with E-state index in [9.17, 15) is 14.7 Å². The van der Waals surface area contributed by atoms with Gasteiger partial charge in [-0.05, 0) is 30.7 Å². The minimum absolute atomic E-state index is 0.196. The van der Waals surface area contributed by atoms with Gasteiger partial charge in [-0.2, -0.15) is 0 Å². The third kappa shape index (κ3) is 3.92. The molecular formula is C16H15BrN2O3. The molecule has 6 heteroatoms. The highest BCUT2D eigenvalue weighted by Crippen LogP contribution is 2.18. The van der Waals surface area contributed by atoms with E-state index in [4.69, 9.17) is 0 Å². The zero-order valence-corrected chi connectivity index (χ0v) is 13.5. The molecule has 0 spiro atoms. The zero-order valence-electron chi connectivity index (χ0n) is 11.9. The number of rotatable bonds is 5.